The second-order valence-corrected chi connectivity index (χ2v) is 5.38. The van der Waals surface area contributed by atoms with E-state index < -0.39 is 30.2 Å². The molecule has 0 radical (unpaired) electrons. The molecule has 1 aliphatic rings. The van der Waals surface area contributed by atoms with Gasteiger partial charge in [-0.2, -0.15) is 17.6 Å². The molecule has 0 spiro atoms. The molecular formula is C16H16F4N2O5. The topological polar surface area (TPSA) is 88.1 Å². The molecule has 1 aliphatic heterocycles. The number of carbonyl (C=O) groups is 2. The minimum absolute atomic E-state index is 0.0773. The Kier molecular flexibility index (Phi) is 6.26. The van der Waals surface area contributed by atoms with E-state index in [0.717, 1.165) is 18.1 Å². The summed E-state index contributed by atoms with van der Waals surface area (Å²) in [5.74, 6) is -2.18. The van der Waals surface area contributed by atoms with E-state index in [9.17, 15) is 27.2 Å². The Balaban J connectivity index is 2.36. The minimum Gasteiger partial charge on any atom is -0.466 e. The van der Waals surface area contributed by atoms with Crippen LogP contribution in [0.2, 0.25) is 0 Å². The fourth-order valence-corrected chi connectivity index (χ4v) is 2.33. The number of nitrogens with zero attached hydrogens (tertiary/aromatic N) is 1. The lowest BCUT2D eigenvalue weighted by Gasteiger charge is -2.20. The monoisotopic (exact) mass is 392 g/mol. The predicted octanol–water partition coefficient (Wildman–Crippen LogP) is 1.60. The number of alkyl halides is 4. The summed E-state index contributed by atoms with van der Waals surface area (Å²) in [5.41, 5.74) is -0.619. The third kappa shape index (κ3) is 4.48. The molecule has 0 saturated heterocycles. The fourth-order valence-electron chi connectivity index (χ4n) is 2.33. The number of hydrogen-bond acceptors (Lipinski definition) is 6. The van der Waals surface area contributed by atoms with Gasteiger partial charge >= 0.3 is 18.5 Å². The number of anilines is 1. The van der Waals surface area contributed by atoms with E-state index in [-0.39, 0.29) is 36.7 Å². The van der Waals surface area contributed by atoms with E-state index in [1.54, 1.807) is 0 Å². The van der Waals surface area contributed by atoms with Crippen LogP contribution in [0.4, 0.5) is 23.2 Å². The molecule has 1 amide bonds. The van der Waals surface area contributed by atoms with E-state index >= 15 is 0 Å². The first-order chi connectivity index (χ1) is 12.7. The van der Waals surface area contributed by atoms with E-state index in [1.165, 1.54) is 18.2 Å². The first-order valence-electron chi connectivity index (χ1n) is 7.64. The smallest absolute Gasteiger partial charge is 0.461 e. The van der Waals surface area contributed by atoms with E-state index in [0.29, 0.717) is 0 Å². The lowest BCUT2D eigenvalue weighted by molar-refractivity contribution is -0.252. The summed E-state index contributed by atoms with van der Waals surface area (Å²) < 4.78 is 59.9. The summed E-state index contributed by atoms with van der Waals surface area (Å²) in [6.45, 7) is -0.621. The first kappa shape index (κ1) is 20.5. The number of carbonyl (C=O) groups excluding carboxylic acids is 2. The zero-order chi connectivity index (χ0) is 20.2. The van der Waals surface area contributed by atoms with Gasteiger partial charge in [-0.3, -0.25) is 4.79 Å². The summed E-state index contributed by atoms with van der Waals surface area (Å²) in [5, 5.41) is 11.5. The van der Waals surface area contributed by atoms with Crippen LogP contribution in [-0.4, -0.2) is 61.2 Å². The quantitative estimate of drug-likeness (QED) is 0.516. The molecule has 2 rings (SSSR count). The van der Waals surface area contributed by atoms with Crippen molar-refractivity contribution in [3.05, 3.63) is 35.5 Å². The lowest BCUT2D eigenvalue weighted by Crippen LogP contribution is -2.34. The lowest BCUT2D eigenvalue weighted by atomic mass is 10.2. The Bertz CT molecular complexity index is 754. The fraction of sp³-hybridized carbons (Fsp3) is 0.375. The van der Waals surface area contributed by atoms with Crippen LogP contribution in [0, 0.1) is 0 Å². The van der Waals surface area contributed by atoms with Crippen molar-refractivity contribution in [2.75, 3.05) is 32.1 Å². The van der Waals surface area contributed by atoms with Crippen molar-refractivity contribution >= 4 is 17.6 Å². The van der Waals surface area contributed by atoms with Crippen molar-refractivity contribution in [1.82, 2.24) is 4.90 Å². The summed E-state index contributed by atoms with van der Waals surface area (Å²) >= 11 is 0. The molecule has 0 aliphatic carbocycles. The first-order valence-corrected chi connectivity index (χ1v) is 7.64. The largest absolute Gasteiger partial charge is 0.466 e. The van der Waals surface area contributed by atoms with Crippen LogP contribution in [0.15, 0.2) is 35.5 Å². The Labute approximate surface area is 151 Å². The summed E-state index contributed by atoms with van der Waals surface area (Å²) in [6, 6.07) is 4.87. The number of benzene rings is 1. The number of halogens is 4. The Morgan fingerprint density at radius 1 is 1.37 bits per heavy atom. The van der Waals surface area contributed by atoms with Crippen LogP contribution in [-0.2, 0) is 14.3 Å². The number of rotatable bonds is 8. The molecule has 2 N–H and O–H groups in total. The van der Waals surface area contributed by atoms with Gasteiger partial charge < -0.3 is 24.8 Å². The van der Waals surface area contributed by atoms with Crippen LogP contribution in [0.25, 0.3) is 0 Å². The molecule has 1 aromatic carbocycles. The van der Waals surface area contributed by atoms with Gasteiger partial charge in [-0.05, 0) is 12.1 Å². The Hall–Kier alpha value is -2.82. The third-order valence-corrected chi connectivity index (χ3v) is 3.60. The van der Waals surface area contributed by atoms with Crippen LogP contribution in [0.1, 0.15) is 0 Å². The predicted molar refractivity (Wildman–Crippen MR) is 84.4 cm³/mol. The van der Waals surface area contributed by atoms with Crippen molar-refractivity contribution in [2.45, 2.75) is 12.5 Å². The van der Waals surface area contributed by atoms with Crippen LogP contribution in [0.3, 0.4) is 0 Å². The van der Waals surface area contributed by atoms with E-state index in [1.807, 2.05) is 0 Å². The second kappa shape index (κ2) is 8.25. The van der Waals surface area contributed by atoms with Gasteiger partial charge in [-0.15, -0.1) is 0 Å². The van der Waals surface area contributed by atoms with Crippen molar-refractivity contribution in [1.29, 1.82) is 0 Å². The molecule has 0 atom stereocenters. The van der Waals surface area contributed by atoms with Gasteiger partial charge in [0, 0.05) is 6.54 Å². The van der Waals surface area contributed by atoms with Gasteiger partial charge in [0.05, 0.1) is 31.5 Å². The zero-order valence-corrected chi connectivity index (χ0v) is 14.0. The number of amides is 1. The third-order valence-electron chi connectivity index (χ3n) is 3.60. The highest BCUT2D eigenvalue weighted by Crippen LogP contribution is 2.34. The molecule has 0 unspecified atom stereocenters. The van der Waals surface area contributed by atoms with Crippen LogP contribution >= 0.6 is 0 Å². The highest BCUT2D eigenvalue weighted by Gasteiger charge is 2.44. The summed E-state index contributed by atoms with van der Waals surface area (Å²) in [4.78, 5) is 25.4. The number of ether oxygens (including phenoxy) is 2. The number of hydrogen-bond donors (Lipinski definition) is 2. The van der Waals surface area contributed by atoms with Gasteiger partial charge in [0.15, 0.2) is 0 Å². The van der Waals surface area contributed by atoms with E-state index in [4.69, 9.17) is 5.11 Å². The van der Waals surface area contributed by atoms with Gasteiger partial charge in [-0.25, -0.2) is 4.79 Å². The maximum Gasteiger partial charge on any atom is 0.461 e. The van der Waals surface area contributed by atoms with Crippen molar-refractivity contribution in [2.24, 2.45) is 0 Å². The number of esters is 1. The van der Waals surface area contributed by atoms with Crippen molar-refractivity contribution in [3.8, 4) is 5.75 Å². The zero-order valence-electron chi connectivity index (χ0n) is 14.0. The normalized spacial score (nSPS) is 14.8. The van der Waals surface area contributed by atoms with Gasteiger partial charge in [0.1, 0.15) is 11.4 Å². The summed E-state index contributed by atoms with van der Waals surface area (Å²) in [7, 11) is 1.09. The maximum atomic E-state index is 13.2. The number of aliphatic hydroxyl groups is 1. The van der Waals surface area contributed by atoms with Gasteiger partial charge in [0.25, 0.3) is 5.91 Å². The van der Waals surface area contributed by atoms with Crippen molar-refractivity contribution < 1.29 is 41.7 Å². The molecule has 1 heterocycles. The van der Waals surface area contributed by atoms with E-state index in [2.05, 4.69) is 14.8 Å². The highest BCUT2D eigenvalue weighted by atomic mass is 19.3. The number of aliphatic hydroxyl groups excluding tert-OH is 1. The molecule has 27 heavy (non-hydrogen) atoms. The second-order valence-electron chi connectivity index (χ2n) is 5.38. The molecule has 0 fully saturated rings. The van der Waals surface area contributed by atoms with Gasteiger partial charge in [0.2, 0.25) is 0 Å². The number of para-hydroxylation sites is 2. The number of methoxy groups -OCH3 is 1. The molecule has 1 aromatic rings. The SMILES string of the molecule is COC(=O)C1=C(Nc2ccccc2OC(F)(F)C(F)F)C(=O)N(CCO)C1. The van der Waals surface area contributed by atoms with Gasteiger partial charge in [-0.1, -0.05) is 12.1 Å². The summed E-state index contributed by atoms with van der Waals surface area (Å²) in [6.07, 6.45) is -8.82. The minimum atomic E-state index is -4.75. The molecular weight excluding hydrogens is 376 g/mol. The highest BCUT2D eigenvalue weighted by molar-refractivity contribution is 6.08. The molecule has 0 aromatic heterocycles. The average Bonchev–Trinajstić information content (AvgIpc) is 2.92. The number of nitrogens with one attached hydrogen (secondary N) is 1. The molecule has 7 nitrogen and oxygen atoms in total. The maximum absolute atomic E-state index is 13.2. The standard InChI is InChI=1S/C16H16F4N2O5/c1-26-14(25)9-8-22(6-7-23)13(24)12(9)21-10-4-2-3-5-11(10)27-16(19,20)15(17)18/h2-5,15,21,23H,6-8H2,1H3. The molecule has 11 heteroatoms. The molecule has 0 bridgehead atoms. The van der Waals surface area contributed by atoms with Crippen LogP contribution < -0.4 is 10.1 Å². The molecule has 0 saturated carbocycles. The Morgan fingerprint density at radius 2 is 2.04 bits per heavy atom. The van der Waals surface area contributed by atoms with Crippen molar-refractivity contribution in [3.63, 3.8) is 0 Å². The molecule has 148 valence electrons. The average molecular weight is 392 g/mol. The number of β-amino-alcohol motifs (C(OH)–C–C–N with tert-alkyl or cyclic N) is 1. The Morgan fingerprint density at radius 3 is 2.63 bits per heavy atom. The van der Waals surface area contributed by atoms with Crippen LogP contribution in [0.5, 0.6) is 5.75 Å².